The van der Waals surface area contributed by atoms with Crippen molar-refractivity contribution >= 4 is 34.3 Å². The molecule has 2 atom stereocenters. The van der Waals surface area contributed by atoms with Gasteiger partial charge in [-0.05, 0) is 63.5 Å². The molecule has 3 N–H and O–H groups in total. The van der Waals surface area contributed by atoms with Gasteiger partial charge in [0.25, 0.3) is 0 Å². The quantitative estimate of drug-likeness (QED) is 0.453. The number of nitrogens with zero attached hydrogens (tertiary/aromatic N) is 4. The third-order valence-corrected chi connectivity index (χ3v) is 5.82. The van der Waals surface area contributed by atoms with Crippen LogP contribution in [0.25, 0.3) is 5.52 Å². The van der Waals surface area contributed by atoms with E-state index in [0.29, 0.717) is 28.2 Å². The minimum atomic E-state index is -0.414. The van der Waals surface area contributed by atoms with Crippen molar-refractivity contribution in [3.8, 4) is 0 Å². The Morgan fingerprint density at radius 1 is 1.37 bits per heavy atom. The number of benzene rings is 1. The third-order valence-electron chi connectivity index (χ3n) is 5.50. The van der Waals surface area contributed by atoms with Gasteiger partial charge in [0.2, 0.25) is 0 Å². The fourth-order valence-corrected chi connectivity index (χ4v) is 4.35. The lowest BCUT2D eigenvalue weighted by atomic mass is 10.1. The monoisotopic (exact) mass is 428 g/mol. The predicted octanol–water partition coefficient (Wildman–Crippen LogP) is 4.31. The van der Waals surface area contributed by atoms with E-state index in [1.165, 1.54) is 24.6 Å². The number of fused-ring (bicyclic) bond motifs is 1. The van der Waals surface area contributed by atoms with Crippen LogP contribution in [0.15, 0.2) is 47.7 Å². The third kappa shape index (κ3) is 4.42. The zero-order valence-corrected chi connectivity index (χ0v) is 17.9. The van der Waals surface area contributed by atoms with E-state index in [9.17, 15) is 4.39 Å². The van der Waals surface area contributed by atoms with E-state index in [4.69, 9.17) is 17.3 Å². The Bertz CT molecular complexity index is 1080. The Hall–Kier alpha value is -2.64. The summed E-state index contributed by atoms with van der Waals surface area (Å²) in [7, 11) is 4.22. The fourth-order valence-electron chi connectivity index (χ4n) is 4.19. The normalized spacial score (nSPS) is 19.7. The number of halogens is 2. The van der Waals surface area contributed by atoms with Gasteiger partial charge < -0.3 is 16.0 Å². The number of nitrogens with two attached hydrogens (primary N) is 1. The first kappa shape index (κ1) is 20.6. The molecule has 0 aliphatic heterocycles. The molecule has 0 spiro atoms. The van der Waals surface area contributed by atoms with E-state index < -0.39 is 5.82 Å². The van der Waals surface area contributed by atoms with Crippen LogP contribution in [-0.4, -0.2) is 47.0 Å². The lowest BCUT2D eigenvalue weighted by Crippen LogP contribution is -2.24. The van der Waals surface area contributed by atoms with Crippen LogP contribution in [0.2, 0.25) is 5.02 Å². The molecule has 6 nitrogen and oxygen atoms in total. The van der Waals surface area contributed by atoms with Crippen LogP contribution in [0.3, 0.4) is 0 Å². The minimum absolute atomic E-state index is 0.240. The maximum absolute atomic E-state index is 13.6. The average molecular weight is 429 g/mol. The molecule has 0 saturated heterocycles. The van der Waals surface area contributed by atoms with Gasteiger partial charge in [0.15, 0.2) is 0 Å². The largest absolute Gasteiger partial charge is 0.383 e. The van der Waals surface area contributed by atoms with Crippen LogP contribution >= 0.6 is 11.6 Å². The zero-order valence-electron chi connectivity index (χ0n) is 17.1. The number of aliphatic imine (C=N–C) groups is 1. The molecule has 4 rings (SSSR count). The number of anilines is 1. The molecule has 0 radical (unpaired) electrons. The average Bonchev–Trinajstić information content (AvgIpc) is 3.34. The van der Waals surface area contributed by atoms with Crippen molar-refractivity contribution in [3.05, 3.63) is 59.1 Å². The molecule has 1 aromatic carbocycles. The summed E-state index contributed by atoms with van der Waals surface area (Å²) in [6.45, 7) is 1.09. The van der Waals surface area contributed by atoms with Crippen molar-refractivity contribution in [2.45, 2.75) is 25.3 Å². The Balaban J connectivity index is 1.67. The van der Waals surface area contributed by atoms with E-state index in [-0.39, 0.29) is 5.84 Å². The molecular formula is C22H26ClFN6. The number of aromatic nitrogens is 2. The van der Waals surface area contributed by atoms with Gasteiger partial charge in [-0.1, -0.05) is 11.6 Å². The maximum atomic E-state index is 13.6. The molecule has 30 heavy (non-hydrogen) atoms. The van der Waals surface area contributed by atoms with E-state index in [1.54, 1.807) is 10.7 Å². The lowest BCUT2D eigenvalue weighted by molar-refractivity contribution is 0.327. The number of amidine groups is 1. The van der Waals surface area contributed by atoms with Gasteiger partial charge in [0.05, 0.1) is 33.7 Å². The molecule has 3 aromatic rings. The van der Waals surface area contributed by atoms with Crippen molar-refractivity contribution in [3.63, 3.8) is 0 Å². The zero-order chi connectivity index (χ0) is 21.3. The molecule has 1 fully saturated rings. The molecule has 0 amide bonds. The van der Waals surface area contributed by atoms with Gasteiger partial charge in [-0.15, -0.1) is 0 Å². The second kappa shape index (κ2) is 8.62. The van der Waals surface area contributed by atoms with E-state index >= 15 is 0 Å². The summed E-state index contributed by atoms with van der Waals surface area (Å²) in [5.74, 6) is 0.495. The number of rotatable bonds is 6. The molecule has 8 heteroatoms. The second-order valence-electron chi connectivity index (χ2n) is 8.15. The molecule has 1 aliphatic carbocycles. The van der Waals surface area contributed by atoms with Crippen LogP contribution in [0, 0.1) is 11.7 Å². The highest BCUT2D eigenvalue weighted by molar-refractivity contribution is 6.33. The summed E-state index contributed by atoms with van der Waals surface area (Å²) < 4.78 is 15.4. The smallest absolute Gasteiger partial charge is 0.135 e. The maximum Gasteiger partial charge on any atom is 0.135 e. The summed E-state index contributed by atoms with van der Waals surface area (Å²) in [6.07, 6.45) is 6.97. The van der Waals surface area contributed by atoms with Crippen molar-refractivity contribution in [1.82, 2.24) is 14.5 Å². The number of hydrogen-bond acceptors (Lipinski definition) is 4. The molecule has 158 valence electrons. The number of nitrogens with one attached hydrogen (secondary N) is 1. The molecule has 2 aromatic heterocycles. The summed E-state index contributed by atoms with van der Waals surface area (Å²) in [5, 5.41) is 8.46. The first-order chi connectivity index (χ1) is 14.4. The fraction of sp³-hybridized carbons (Fsp3) is 0.364. The molecule has 1 saturated carbocycles. The van der Waals surface area contributed by atoms with Gasteiger partial charge in [0.1, 0.15) is 11.7 Å². The van der Waals surface area contributed by atoms with Gasteiger partial charge in [-0.3, -0.25) is 0 Å². The predicted molar refractivity (Wildman–Crippen MR) is 120 cm³/mol. The van der Waals surface area contributed by atoms with Crippen molar-refractivity contribution in [1.29, 1.82) is 0 Å². The molecule has 2 heterocycles. The van der Waals surface area contributed by atoms with Gasteiger partial charge in [-0.2, -0.15) is 5.10 Å². The molecular weight excluding hydrogens is 403 g/mol. The highest BCUT2D eigenvalue weighted by Crippen LogP contribution is 2.32. The summed E-state index contributed by atoms with van der Waals surface area (Å²) in [6, 6.07) is 8.32. The van der Waals surface area contributed by atoms with Crippen LogP contribution in [0.1, 0.15) is 24.8 Å². The first-order valence-corrected chi connectivity index (χ1v) is 10.5. The molecule has 1 aliphatic rings. The Morgan fingerprint density at radius 3 is 3.00 bits per heavy atom. The Labute approximate surface area is 180 Å². The van der Waals surface area contributed by atoms with Crippen molar-refractivity contribution in [2.24, 2.45) is 16.6 Å². The Morgan fingerprint density at radius 2 is 2.20 bits per heavy atom. The highest BCUT2D eigenvalue weighted by Gasteiger charge is 2.26. The Kier molecular flexibility index (Phi) is 5.92. The summed E-state index contributed by atoms with van der Waals surface area (Å²) in [5.41, 5.74) is 9.13. The van der Waals surface area contributed by atoms with E-state index in [0.717, 1.165) is 30.6 Å². The van der Waals surface area contributed by atoms with Crippen LogP contribution in [-0.2, 0) is 0 Å². The molecule has 0 unspecified atom stereocenters. The lowest BCUT2D eigenvalue weighted by Gasteiger charge is -2.20. The van der Waals surface area contributed by atoms with Crippen LogP contribution in [0.4, 0.5) is 15.8 Å². The van der Waals surface area contributed by atoms with Crippen LogP contribution in [0.5, 0.6) is 0 Å². The highest BCUT2D eigenvalue weighted by atomic mass is 35.5. The summed E-state index contributed by atoms with van der Waals surface area (Å²) >= 11 is 6.17. The summed E-state index contributed by atoms with van der Waals surface area (Å²) in [4.78, 5) is 6.64. The van der Waals surface area contributed by atoms with Crippen molar-refractivity contribution in [2.75, 3.05) is 26.0 Å². The van der Waals surface area contributed by atoms with Gasteiger partial charge in [-0.25, -0.2) is 13.9 Å². The number of hydrogen-bond donors (Lipinski definition) is 2. The van der Waals surface area contributed by atoms with Crippen LogP contribution < -0.4 is 11.1 Å². The van der Waals surface area contributed by atoms with E-state index in [2.05, 4.69) is 34.4 Å². The minimum Gasteiger partial charge on any atom is -0.383 e. The van der Waals surface area contributed by atoms with E-state index in [1.807, 2.05) is 18.3 Å². The first-order valence-electron chi connectivity index (χ1n) is 10.1. The van der Waals surface area contributed by atoms with Crippen molar-refractivity contribution < 1.29 is 4.39 Å². The SMILES string of the molecule is CN(C)C[C@H]1CC[C@@H](Nc2c(C(N)=Nc3cc(F)ccc3Cl)cnn3cccc23)C1. The molecule has 0 bridgehead atoms. The standard InChI is InChI=1S/C22H26ClFN6/c1-29(2)13-14-5-7-16(10-14)27-21-17(12-26-30-9-3-4-20(21)30)22(25)28-19-11-15(24)6-8-18(19)23/h3-4,6,8-9,11-12,14,16,27H,5,7,10,13H2,1-2H3,(H2,25,28)/t14-,16+/m0/s1. The van der Waals surface area contributed by atoms with Gasteiger partial charge in [0, 0.05) is 24.8 Å². The van der Waals surface area contributed by atoms with Gasteiger partial charge >= 0.3 is 0 Å². The second-order valence-corrected chi connectivity index (χ2v) is 8.55. The topological polar surface area (TPSA) is 70.9 Å².